The van der Waals surface area contributed by atoms with Crippen LogP contribution in [0.2, 0.25) is 0 Å². The minimum atomic E-state index is -0.591. The van der Waals surface area contributed by atoms with Gasteiger partial charge in [-0.2, -0.15) is 0 Å². The van der Waals surface area contributed by atoms with E-state index in [-0.39, 0.29) is 23.3 Å². The molecule has 0 saturated heterocycles. The van der Waals surface area contributed by atoms with Gasteiger partial charge in [0, 0.05) is 6.42 Å². The van der Waals surface area contributed by atoms with E-state index in [2.05, 4.69) is 13.8 Å². The van der Waals surface area contributed by atoms with Gasteiger partial charge in [0.2, 0.25) is 0 Å². The molecular weight excluding hydrogens is 348 g/mol. The van der Waals surface area contributed by atoms with Crippen molar-refractivity contribution in [3.8, 4) is 0 Å². The second kappa shape index (κ2) is 12.4. The Hall–Kier alpha value is -2.03. The summed E-state index contributed by atoms with van der Waals surface area (Å²) in [4.78, 5) is 36.6. The molecule has 28 heavy (non-hydrogen) atoms. The number of hydrogen-bond acceptors (Lipinski definition) is 3. The van der Waals surface area contributed by atoms with Gasteiger partial charge in [0.05, 0.1) is 5.92 Å². The highest BCUT2D eigenvalue weighted by molar-refractivity contribution is 6.09. The number of allylic oxidation sites excluding steroid dienone is 8. The van der Waals surface area contributed by atoms with Crippen molar-refractivity contribution in [3.63, 3.8) is 0 Å². The second-order valence-electron chi connectivity index (χ2n) is 7.92. The number of Topliss-reactive ketones (excluding diaryl/α,β-unsaturated/α-hetero) is 3. The minimum Gasteiger partial charge on any atom is -0.299 e. The van der Waals surface area contributed by atoms with E-state index in [1.807, 2.05) is 52.0 Å². The maximum atomic E-state index is 12.5. The Morgan fingerprint density at radius 2 is 1.32 bits per heavy atom. The molecule has 0 aliphatic carbocycles. The first-order chi connectivity index (χ1) is 12.9. The van der Waals surface area contributed by atoms with E-state index in [0.717, 1.165) is 23.1 Å². The van der Waals surface area contributed by atoms with E-state index in [4.69, 9.17) is 0 Å². The van der Waals surface area contributed by atoms with E-state index in [9.17, 15) is 14.4 Å². The molecule has 0 spiro atoms. The maximum Gasteiger partial charge on any atom is 0.183 e. The van der Waals surface area contributed by atoms with Gasteiger partial charge in [-0.3, -0.25) is 14.4 Å². The average molecular weight is 387 g/mol. The first-order valence-corrected chi connectivity index (χ1v) is 10.3. The summed E-state index contributed by atoms with van der Waals surface area (Å²) in [5, 5.41) is 0. The molecule has 0 amide bonds. The van der Waals surface area contributed by atoms with E-state index < -0.39 is 5.92 Å². The molecule has 0 N–H and O–H groups in total. The Morgan fingerprint density at radius 1 is 0.786 bits per heavy atom. The van der Waals surface area contributed by atoms with Crippen molar-refractivity contribution in [3.05, 3.63) is 46.6 Å². The maximum absolute atomic E-state index is 12.5. The van der Waals surface area contributed by atoms with Crippen molar-refractivity contribution >= 4 is 17.3 Å². The second-order valence-corrected chi connectivity index (χ2v) is 7.92. The predicted octanol–water partition coefficient (Wildman–Crippen LogP) is 6.21. The summed E-state index contributed by atoms with van der Waals surface area (Å²) in [5.74, 6) is -0.220. The number of ketones is 3. The molecule has 0 aliphatic heterocycles. The lowest BCUT2D eigenvalue weighted by Gasteiger charge is -2.09. The van der Waals surface area contributed by atoms with Crippen molar-refractivity contribution in [1.82, 2.24) is 0 Å². The van der Waals surface area contributed by atoms with Gasteiger partial charge in [-0.05, 0) is 63.2 Å². The fraction of sp³-hybridized carbons (Fsp3) is 0.560. The Morgan fingerprint density at radius 3 is 1.82 bits per heavy atom. The molecule has 0 radical (unpaired) electrons. The third-order valence-corrected chi connectivity index (χ3v) is 4.99. The van der Waals surface area contributed by atoms with Gasteiger partial charge in [-0.15, -0.1) is 0 Å². The molecule has 0 saturated carbocycles. The zero-order valence-corrected chi connectivity index (χ0v) is 19.2. The molecule has 3 atom stereocenters. The molecule has 0 rings (SSSR count). The lowest BCUT2D eigenvalue weighted by Crippen LogP contribution is -2.21. The number of carbonyl (C=O) groups excluding carboxylic acids is 3. The van der Waals surface area contributed by atoms with Crippen LogP contribution < -0.4 is 0 Å². The van der Waals surface area contributed by atoms with E-state index in [0.29, 0.717) is 17.9 Å². The highest BCUT2D eigenvalue weighted by Gasteiger charge is 2.20. The van der Waals surface area contributed by atoms with Crippen LogP contribution in [-0.2, 0) is 14.4 Å². The van der Waals surface area contributed by atoms with E-state index in [1.165, 1.54) is 0 Å². The molecule has 3 nitrogen and oxygen atoms in total. The molecular formula is C25H38O3. The predicted molar refractivity (Wildman–Crippen MR) is 118 cm³/mol. The number of rotatable bonds is 11. The summed E-state index contributed by atoms with van der Waals surface area (Å²) in [6.07, 6.45) is 9.20. The highest BCUT2D eigenvalue weighted by atomic mass is 16.2. The van der Waals surface area contributed by atoms with Crippen LogP contribution in [0.3, 0.4) is 0 Å². The van der Waals surface area contributed by atoms with Crippen LogP contribution in [-0.4, -0.2) is 17.3 Å². The van der Waals surface area contributed by atoms with Crippen molar-refractivity contribution in [2.45, 2.75) is 75.2 Å². The largest absolute Gasteiger partial charge is 0.299 e. The summed E-state index contributed by atoms with van der Waals surface area (Å²) < 4.78 is 0. The van der Waals surface area contributed by atoms with Gasteiger partial charge in [0.25, 0.3) is 0 Å². The van der Waals surface area contributed by atoms with Gasteiger partial charge in [0.1, 0.15) is 5.78 Å². The lowest BCUT2D eigenvalue weighted by atomic mass is 9.93. The van der Waals surface area contributed by atoms with Gasteiger partial charge >= 0.3 is 0 Å². The summed E-state index contributed by atoms with van der Waals surface area (Å²) in [7, 11) is 0. The first-order valence-electron chi connectivity index (χ1n) is 10.3. The molecule has 0 aromatic heterocycles. The minimum absolute atomic E-state index is 0.0364. The van der Waals surface area contributed by atoms with Crippen LogP contribution in [0.4, 0.5) is 0 Å². The Balaban J connectivity index is 5.27. The molecule has 0 aromatic carbocycles. The van der Waals surface area contributed by atoms with Gasteiger partial charge in [-0.25, -0.2) is 0 Å². The van der Waals surface area contributed by atoms with Gasteiger partial charge in [0.15, 0.2) is 11.6 Å². The lowest BCUT2D eigenvalue weighted by molar-refractivity contribution is -0.129. The molecule has 156 valence electrons. The summed E-state index contributed by atoms with van der Waals surface area (Å²) in [6, 6.07) is 0. The summed E-state index contributed by atoms with van der Waals surface area (Å²) >= 11 is 0. The molecule has 2 unspecified atom stereocenters. The topological polar surface area (TPSA) is 51.2 Å². The molecule has 0 aliphatic rings. The third-order valence-electron chi connectivity index (χ3n) is 4.99. The Labute approximate surface area is 171 Å². The zero-order valence-electron chi connectivity index (χ0n) is 19.2. The quantitative estimate of drug-likeness (QED) is 0.241. The van der Waals surface area contributed by atoms with E-state index in [1.54, 1.807) is 20.8 Å². The SMILES string of the molecule is CCC(=O)C(C)C(=O)/C(C)=C/C(C)=C/C(C)/C=C(\C)C(=O)/C(C)=C/[C@@H](C)CC. The van der Waals surface area contributed by atoms with Gasteiger partial charge < -0.3 is 0 Å². The third kappa shape index (κ3) is 8.77. The average Bonchev–Trinajstić information content (AvgIpc) is 2.64. The highest BCUT2D eigenvalue weighted by Crippen LogP contribution is 2.16. The molecule has 0 heterocycles. The smallest absolute Gasteiger partial charge is 0.183 e. The Bertz CT molecular complexity index is 701. The van der Waals surface area contributed by atoms with Crippen LogP contribution in [0.25, 0.3) is 0 Å². The van der Waals surface area contributed by atoms with Crippen molar-refractivity contribution in [2.24, 2.45) is 17.8 Å². The standard InChI is InChI=1S/C25H38O3/c1-10-16(3)13-19(6)24(27)20(7)14-17(4)12-18(5)15-21(8)25(28)22(9)23(26)11-2/h12-17,22H,10-11H2,1-9H3/b18-12+,19-13+,20-14+,21-15+/t16-,17?,22?/m0/s1. The Kier molecular flexibility index (Phi) is 11.5. The summed E-state index contributed by atoms with van der Waals surface area (Å²) in [5.41, 5.74) is 3.04. The molecule has 3 heteroatoms. The molecule has 0 fully saturated rings. The van der Waals surface area contributed by atoms with Crippen LogP contribution in [0.15, 0.2) is 46.6 Å². The van der Waals surface area contributed by atoms with Gasteiger partial charge in [-0.1, -0.05) is 64.0 Å². The fourth-order valence-corrected chi connectivity index (χ4v) is 3.12. The van der Waals surface area contributed by atoms with E-state index >= 15 is 0 Å². The van der Waals surface area contributed by atoms with Crippen molar-refractivity contribution < 1.29 is 14.4 Å². The van der Waals surface area contributed by atoms with Crippen molar-refractivity contribution in [2.75, 3.05) is 0 Å². The first kappa shape index (κ1) is 26.0. The van der Waals surface area contributed by atoms with Crippen LogP contribution >= 0.6 is 0 Å². The number of hydrogen-bond donors (Lipinski definition) is 0. The molecule has 0 bridgehead atoms. The van der Waals surface area contributed by atoms with Crippen LogP contribution in [0.5, 0.6) is 0 Å². The zero-order chi connectivity index (χ0) is 22.0. The molecule has 0 aromatic rings. The fourth-order valence-electron chi connectivity index (χ4n) is 3.12. The van der Waals surface area contributed by atoms with Crippen molar-refractivity contribution in [1.29, 1.82) is 0 Å². The van der Waals surface area contributed by atoms with Crippen LogP contribution in [0.1, 0.15) is 75.2 Å². The summed E-state index contributed by atoms with van der Waals surface area (Å²) in [6.45, 7) is 17.1. The number of carbonyl (C=O) groups is 3. The normalized spacial score (nSPS) is 17.2. The monoisotopic (exact) mass is 386 g/mol. The van der Waals surface area contributed by atoms with Crippen LogP contribution in [0, 0.1) is 17.8 Å².